The predicted molar refractivity (Wildman–Crippen MR) is 107 cm³/mol. The fraction of sp³-hybridized carbons (Fsp3) is 0.381. The third kappa shape index (κ3) is 3.78. The Kier molecular flexibility index (Phi) is 5.25. The van der Waals surface area contributed by atoms with Crippen molar-refractivity contribution in [3.63, 3.8) is 0 Å². The Bertz CT molecular complexity index is 766. The normalized spacial score (nSPS) is 18.6. The molecule has 4 rings (SSSR count). The van der Waals surface area contributed by atoms with Crippen molar-refractivity contribution in [3.8, 4) is 11.5 Å². The van der Waals surface area contributed by atoms with E-state index in [-0.39, 0.29) is 0 Å². The average Bonchev–Trinajstić information content (AvgIpc) is 3.18. The summed E-state index contributed by atoms with van der Waals surface area (Å²) in [5, 5.41) is 4.28. The topological polar surface area (TPSA) is 33.7 Å². The van der Waals surface area contributed by atoms with Crippen LogP contribution in [-0.2, 0) is 6.42 Å². The van der Waals surface area contributed by atoms with E-state index in [2.05, 4.69) is 46.6 Å². The molecule has 2 heterocycles. The SMILES string of the molecule is S=C(NCCc1ccccc1)N1CCC[C@@H]1c1ccc2c(c1)OCCO2. The molecule has 0 amide bonds. The first-order chi connectivity index (χ1) is 12.8. The Morgan fingerprint density at radius 1 is 1.08 bits per heavy atom. The van der Waals surface area contributed by atoms with E-state index in [0.717, 1.165) is 49.0 Å². The number of nitrogens with one attached hydrogen (secondary N) is 1. The maximum Gasteiger partial charge on any atom is 0.169 e. The molecule has 1 saturated heterocycles. The Morgan fingerprint density at radius 2 is 1.88 bits per heavy atom. The summed E-state index contributed by atoms with van der Waals surface area (Å²) < 4.78 is 11.4. The van der Waals surface area contributed by atoms with Crippen LogP contribution >= 0.6 is 12.2 Å². The smallest absolute Gasteiger partial charge is 0.169 e. The van der Waals surface area contributed by atoms with Crippen LogP contribution in [0.1, 0.15) is 30.0 Å². The predicted octanol–water partition coefficient (Wildman–Crippen LogP) is 3.71. The van der Waals surface area contributed by atoms with Gasteiger partial charge in [-0.15, -0.1) is 0 Å². The summed E-state index contributed by atoms with van der Waals surface area (Å²) in [6.07, 6.45) is 3.24. The van der Waals surface area contributed by atoms with Crippen molar-refractivity contribution in [2.45, 2.75) is 25.3 Å². The Morgan fingerprint density at radius 3 is 2.73 bits per heavy atom. The number of fused-ring (bicyclic) bond motifs is 1. The number of ether oxygens (including phenoxy) is 2. The molecule has 5 heteroatoms. The van der Waals surface area contributed by atoms with Gasteiger partial charge in [0.2, 0.25) is 0 Å². The van der Waals surface area contributed by atoms with Crippen LogP contribution in [-0.4, -0.2) is 36.3 Å². The molecule has 136 valence electrons. The molecule has 2 aliphatic heterocycles. The number of hydrogen-bond acceptors (Lipinski definition) is 3. The van der Waals surface area contributed by atoms with Gasteiger partial charge in [-0.25, -0.2) is 0 Å². The number of hydrogen-bond donors (Lipinski definition) is 1. The molecule has 0 radical (unpaired) electrons. The lowest BCUT2D eigenvalue weighted by Crippen LogP contribution is -2.40. The van der Waals surface area contributed by atoms with Gasteiger partial charge in [-0.1, -0.05) is 36.4 Å². The highest BCUT2D eigenvalue weighted by Crippen LogP contribution is 2.38. The monoisotopic (exact) mass is 368 g/mol. The Balaban J connectivity index is 1.39. The van der Waals surface area contributed by atoms with Gasteiger partial charge in [-0.05, 0) is 54.7 Å². The molecule has 0 unspecified atom stereocenters. The van der Waals surface area contributed by atoms with Crippen LogP contribution in [0.3, 0.4) is 0 Å². The van der Waals surface area contributed by atoms with E-state index in [1.54, 1.807) is 0 Å². The third-order valence-electron chi connectivity index (χ3n) is 5.00. The summed E-state index contributed by atoms with van der Waals surface area (Å²) in [5.41, 5.74) is 2.58. The van der Waals surface area contributed by atoms with Crippen molar-refractivity contribution in [2.75, 3.05) is 26.3 Å². The minimum atomic E-state index is 0.308. The molecule has 2 aromatic carbocycles. The lowest BCUT2D eigenvalue weighted by Gasteiger charge is -2.29. The molecule has 1 fully saturated rings. The number of thiocarbonyl (C=S) groups is 1. The first kappa shape index (κ1) is 17.2. The summed E-state index contributed by atoms with van der Waals surface area (Å²) in [6.45, 7) is 3.09. The first-order valence-corrected chi connectivity index (χ1v) is 9.70. The number of benzene rings is 2. The largest absolute Gasteiger partial charge is 0.486 e. The van der Waals surface area contributed by atoms with Gasteiger partial charge in [0.25, 0.3) is 0 Å². The highest BCUT2D eigenvalue weighted by atomic mass is 32.1. The Hall–Kier alpha value is -2.27. The van der Waals surface area contributed by atoms with Crippen LogP contribution in [0.2, 0.25) is 0 Å². The van der Waals surface area contributed by atoms with Crippen LogP contribution in [0.15, 0.2) is 48.5 Å². The molecule has 0 bridgehead atoms. The summed E-state index contributed by atoms with van der Waals surface area (Å²) in [7, 11) is 0. The quantitative estimate of drug-likeness (QED) is 0.832. The van der Waals surface area contributed by atoms with Crippen molar-refractivity contribution in [2.24, 2.45) is 0 Å². The van der Waals surface area contributed by atoms with Crippen molar-refractivity contribution in [1.82, 2.24) is 10.2 Å². The molecular formula is C21H24N2O2S. The molecule has 0 spiro atoms. The lowest BCUT2D eigenvalue weighted by atomic mass is 10.0. The molecular weight excluding hydrogens is 344 g/mol. The first-order valence-electron chi connectivity index (χ1n) is 9.29. The summed E-state index contributed by atoms with van der Waals surface area (Å²) in [4.78, 5) is 2.31. The standard InChI is InChI=1S/C21H24N2O2S/c26-21(22-11-10-16-5-2-1-3-6-16)23-12-4-7-18(23)17-8-9-19-20(15-17)25-14-13-24-19/h1-3,5-6,8-9,15,18H,4,7,10-14H2,(H,22,26)/t18-/m1/s1. The van der Waals surface area contributed by atoms with E-state index in [4.69, 9.17) is 21.7 Å². The zero-order chi connectivity index (χ0) is 17.8. The maximum atomic E-state index is 5.74. The van der Waals surface area contributed by atoms with E-state index < -0.39 is 0 Å². The van der Waals surface area contributed by atoms with Gasteiger partial charge in [0.1, 0.15) is 13.2 Å². The van der Waals surface area contributed by atoms with E-state index >= 15 is 0 Å². The number of nitrogens with zero attached hydrogens (tertiary/aromatic N) is 1. The summed E-state index contributed by atoms with van der Waals surface area (Å²) in [5.74, 6) is 1.69. The van der Waals surface area contributed by atoms with Crippen LogP contribution in [0.5, 0.6) is 11.5 Å². The molecule has 2 aliphatic rings. The molecule has 1 N–H and O–H groups in total. The number of likely N-dealkylation sites (tertiary alicyclic amines) is 1. The average molecular weight is 369 g/mol. The highest BCUT2D eigenvalue weighted by molar-refractivity contribution is 7.80. The van der Waals surface area contributed by atoms with Crippen LogP contribution in [0.25, 0.3) is 0 Å². The molecule has 0 aromatic heterocycles. The lowest BCUT2D eigenvalue weighted by molar-refractivity contribution is 0.171. The zero-order valence-electron chi connectivity index (χ0n) is 14.8. The summed E-state index contributed by atoms with van der Waals surface area (Å²) in [6, 6.07) is 17.1. The zero-order valence-corrected chi connectivity index (χ0v) is 15.6. The highest BCUT2D eigenvalue weighted by Gasteiger charge is 2.29. The Labute approximate surface area is 160 Å². The van der Waals surface area contributed by atoms with Gasteiger partial charge in [0.05, 0.1) is 6.04 Å². The molecule has 26 heavy (non-hydrogen) atoms. The van der Waals surface area contributed by atoms with Crippen LogP contribution < -0.4 is 14.8 Å². The van der Waals surface area contributed by atoms with Gasteiger partial charge in [-0.3, -0.25) is 0 Å². The van der Waals surface area contributed by atoms with E-state index in [1.807, 2.05) is 12.1 Å². The van der Waals surface area contributed by atoms with Gasteiger partial charge in [0, 0.05) is 13.1 Å². The van der Waals surface area contributed by atoms with E-state index in [9.17, 15) is 0 Å². The van der Waals surface area contributed by atoms with Gasteiger partial charge in [-0.2, -0.15) is 0 Å². The second-order valence-electron chi connectivity index (χ2n) is 6.72. The minimum absolute atomic E-state index is 0.308. The summed E-state index contributed by atoms with van der Waals surface area (Å²) >= 11 is 5.69. The fourth-order valence-corrected chi connectivity index (χ4v) is 4.00. The molecule has 2 aromatic rings. The molecule has 0 aliphatic carbocycles. The van der Waals surface area contributed by atoms with Gasteiger partial charge in [0.15, 0.2) is 16.6 Å². The minimum Gasteiger partial charge on any atom is -0.486 e. The number of rotatable bonds is 4. The molecule has 0 saturated carbocycles. The maximum absolute atomic E-state index is 5.74. The van der Waals surface area contributed by atoms with E-state index in [1.165, 1.54) is 11.1 Å². The fourth-order valence-electron chi connectivity index (χ4n) is 3.68. The third-order valence-corrected chi connectivity index (χ3v) is 5.38. The van der Waals surface area contributed by atoms with Crippen molar-refractivity contribution >= 4 is 17.3 Å². The van der Waals surface area contributed by atoms with Crippen molar-refractivity contribution in [1.29, 1.82) is 0 Å². The molecule has 4 nitrogen and oxygen atoms in total. The second kappa shape index (κ2) is 7.96. The van der Waals surface area contributed by atoms with Crippen molar-refractivity contribution in [3.05, 3.63) is 59.7 Å². The van der Waals surface area contributed by atoms with Gasteiger partial charge < -0.3 is 19.7 Å². The van der Waals surface area contributed by atoms with Gasteiger partial charge >= 0.3 is 0 Å². The van der Waals surface area contributed by atoms with Crippen molar-refractivity contribution < 1.29 is 9.47 Å². The van der Waals surface area contributed by atoms with Crippen LogP contribution in [0.4, 0.5) is 0 Å². The van der Waals surface area contributed by atoms with E-state index in [0.29, 0.717) is 19.3 Å². The second-order valence-corrected chi connectivity index (χ2v) is 7.11. The molecule has 1 atom stereocenters. The van der Waals surface area contributed by atoms with Crippen LogP contribution in [0, 0.1) is 0 Å².